The molecule has 0 heterocycles. The smallest absolute Gasteiger partial charge is 0.415 e. The van der Waals surface area contributed by atoms with Crippen molar-refractivity contribution >= 4 is 17.7 Å². The van der Waals surface area contributed by atoms with Crippen molar-refractivity contribution in [1.82, 2.24) is 0 Å². The Balaban J connectivity index is 3.11. The molecule has 1 N–H and O–H groups in total. The first-order valence-corrected chi connectivity index (χ1v) is 6.47. The van der Waals surface area contributed by atoms with E-state index < -0.39 is 17.7 Å². The van der Waals surface area contributed by atoms with Gasteiger partial charge in [0.25, 0.3) is 0 Å². The van der Waals surface area contributed by atoms with Crippen molar-refractivity contribution < 1.29 is 19.4 Å². The van der Waals surface area contributed by atoms with Crippen LogP contribution in [0.15, 0.2) is 24.3 Å². The molecule has 20 heavy (non-hydrogen) atoms. The van der Waals surface area contributed by atoms with E-state index in [2.05, 4.69) is 0 Å². The van der Waals surface area contributed by atoms with Gasteiger partial charge in [-0.2, -0.15) is 0 Å². The second kappa shape index (κ2) is 5.94. The van der Waals surface area contributed by atoms with Crippen LogP contribution in [0, 0.1) is 0 Å². The highest BCUT2D eigenvalue weighted by atomic mass is 16.6. The molecule has 0 saturated carbocycles. The molecule has 0 saturated heterocycles. The van der Waals surface area contributed by atoms with Gasteiger partial charge in [0.1, 0.15) is 5.60 Å². The van der Waals surface area contributed by atoms with Crippen LogP contribution in [-0.2, 0) is 4.74 Å². The minimum absolute atomic E-state index is 0.136. The highest BCUT2D eigenvalue weighted by Crippen LogP contribution is 2.22. The summed E-state index contributed by atoms with van der Waals surface area (Å²) in [6.45, 7) is 9.06. The largest absolute Gasteiger partial charge is 0.478 e. The van der Waals surface area contributed by atoms with Gasteiger partial charge in [0, 0.05) is 11.7 Å². The van der Waals surface area contributed by atoms with Gasteiger partial charge in [-0.05, 0) is 52.8 Å². The number of nitrogens with zero attached hydrogens (tertiary/aromatic N) is 1. The van der Waals surface area contributed by atoms with E-state index in [0.29, 0.717) is 5.69 Å². The van der Waals surface area contributed by atoms with Gasteiger partial charge >= 0.3 is 12.1 Å². The molecule has 5 heteroatoms. The minimum Gasteiger partial charge on any atom is -0.478 e. The number of hydrogen-bond acceptors (Lipinski definition) is 3. The molecule has 110 valence electrons. The van der Waals surface area contributed by atoms with Gasteiger partial charge in [0.2, 0.25) is 0 Å². The molecule has 0 aliphatic rings. The highest BCUT2D eigenvalue weighted by Gasteiger charge is 2.25. The van der Waals surface area contributed by atoms with Gasteiger partial charge in [0.05, 0.1) is 5.56 Å². The summed E-state index contributed by atoms with van der Waals surface area (Å²) in [4.78, 5) is 24.7. The lowest BCUT2D eigenvalue weighted by Gasteiger charge is -2.30. The van der Waals surface area contributed by atoms with Gasteiger partial charge in [-0.15, -0.1) is 0 Å². The molecule has 5 nitrogen and oxygen atoms in total. The van der Waals surface area contributed by atoms with E-state index >= 15 is 0 Å². The Morgan fingerprint density at radius 1 is 1.25 bits per heavy atom. The third-order valence-electron chi connectivity index (χ3n) is 2.48. The predicted octanol–water partition coefficient (Wildman–Crippen LogP) is 3.53. The zero-order valence-electron chi connectivity index (χ0n) is 12.5. The quantitative estimate of drug-likeness (QED) is 0.919. The van der Waals surface area contributed by atoms with E-state index in [1.54, 1.807) is 32.9 Å². The molecule has 0 bridgehead atoms. The fourth-order valence-corrected chi connectivity index (χ4v) is 1.71. The normalized spacial score (nSPS) is 11.3. The van der Waals surface area contributed by atoms with Crippen LogP contribution in [0.3, 0.4) is 0 Å². The van der Waals surface area contributed by atoms with Crippen molar-refractivity contribution in [1.29, 1.82) is 0 Å². The van der Waals surface area contributed by atoms with Crippen molar-refractivity contribution in [3.8, 4) is 0 Å². The Morgan fingerprint density at radius 2 is 1.85 bits per heavy atom. The van der Waals surface area contributed by atoms with Crippen molar-refractivity contribution in [2.75, 3.05) is 4.90 Å². The number of amides is 1. The average molecular weight is 279 g/mol. The average Bonchev–Trinajstić information content (AvgIpc) is 2.26. The second-order valence-electron chi connectivity index (χ2n) is 5.80. The summed E-state index contributed by atoms with van der Waals surface area (Å²) in [6.07, 6.45) is -0.491. The molecule has 1 aromatic carbocycles. The lowest BCUT2D eigenvalue weighted by atomic mass is 10.1. The molecule has 0 aliphatic heterocycles. The van der Waals surface area contributed by atoms with Crippen LogP contribution in [0.5, 0.6) is 0 Å². The van der Waals surface area contributed by atoms with Gasteiger partial charge in [0.15, 0.2) is 0 Å². The first kappa shape index (κ1) is 16.0. The van der Waals surface area contributed by atoms with Crippen LogP contribution in [0.25, 0.3) is 0 Å². The third-order valence-corrected chi connectivity index (χ3v) is 2.48. The third kappa shape index (κ3) is 4.26. The molecule has 0 fully saturated rings. The van der Waals surface area contributed by atoms with Crippen LogP contribution in [0.1, 0.15) is 45.0 Å². The summed E-state index contributed by atoms with van der Waals surface area (Å²) in [5.41, 5.74) is 0.0418. The van der Waals surface area contributed by atoms with E-state index in [4.69, 9.17) is 9.84 Å². The number of carboxylic acid groups (broad SMARTS) is 1. The molecular formula is C15H21NO4. The Bertz CT molecular complexity index is 503. The van der Waals surface area contributed by atoms with E-state index in [1.807, 2.05) is 13.8 Å². The number of hydrogen-bond donors (Lipinski definition) is 1. The van der Waals surface area contributed by atoms with Crippen LogP contribution in [0.2, 0.25) is 0 Å². The minimum atomic E-state index is -1.03. The van der Waals surface area contributed by atoms with Gasteiger partial charge < -0.3 is 9.84 Å². The fraction of sp³-hybridized carbons (Fsp3) is 0.467. The summed E-state index contributed by atoms with van der Waals surface area (Å²) in [6, 6.07) is 6.11. The molecule has 0 aliphatic carbocycles. The number of carbonyl (C=O) groups excluding carboxylic acids is 1. The van der Waals surface area contributed by atoms with E-state index in [1.165, 1.54) is 17.0 Å². The highest BCUT2D eigenvalue weighted by molar-refractivity contribution is 5.93. The molecule has 1 rings (SSSR count). The lowest BCUT2D eigenvalue weighted by molar-refractivity contribution is 0.0568. The summed E-state index contributed by atoms with van der Waals surface area (Å²) >= 11 is 0. The Hall–Kier alpha value is -2.04. The number of carboxylic acids is 1. The monoisotopic (exact) mass is 279 g/mol. The topological polar surface area (TPSA) is 66.8 Å². The SMILES string of the molecule is CC(C)N(C(=O)OC(C)(C)C)c1cccc(C(=O)O)c1. The second-order valence-corrected chi connectivity index (χ2v) is 5.80. The Labute approximate surface area is 119 Å². The molecular weight excluding hydrogens is 258 g/mol. The summed E-state index contributed by atoms with van der Waals surface area (Å²) in [5.74, 6) is -1.03. The van der Waals surface area contributed by atoms with Crippen molar-refractivity contribution in [3.63, 3.8) is 0 Å². The maximum atomic E-state index is 12.2. The number of aromatic carboxylic acids is 1. The summed E-state index contributed by atoms with van der Waals surface area (Å²) < 4.78 is 5.36. The zero-order chi connectivity index (χ0) is 15.5. The molecule has 1 amide bonds. The fourth-order valence-electron chi connectivity index (χ4n) is 1.71. The van der Waals surface area contributed by atoms with Crippen molar-refractivity contribution in [2.24, 2.45) is 0 Å². The molecule has 0 spiro atoms. The predicted molar refractivity (Wildman–Crippen MR) is 77.3 cm³/mol. The van der Waals surface area contributed by atoms with E-state index in [9.17, 15) is 9.59 Å². The van der Waals surface area contributed by atoms with Gasteiger partial charge in [-0.25, -0.2) is 9.59 Å². The molecule has 1 aromatic rings. The summed E-state index contributed by atoms with van der Waals surface area (Å²) in [5, 5.41) is 9.02. The standard InChI is InChI=1S/C15H21NO4/c1-10(2)16(14(19)20-15(3,4)5)12-8-6-7-11(9-12)13(17)18/h6-10H,1-5H3,(H,17,18). The van der Waals surface area contributed by atoms with Crippen LogP contribution in [0.4, 0.5) is 10.5 Å². The first-order chi connectivity index (χ1) is 9.11. The maximum absolute atomic E-state index is 12.2. The first-order valence-electron chi connectivity index (χ1n) is 6.47. The maximum Gasteiger partial charge on any atom is 0.415 e. The molecule has 0 aromatic heterocycles. The van der Waals surface area contributed by atoms with Crippen molar-refractivity contribution in [2.45, 2.75) is 46.3 Å². The zero-order valence-corrected chi connectivity index (χ0v) is 12.5. The number of carbonyl (C=O) groups is 2. The number of benzene rings is 1. The lowest BCUT2D eigenvalue weighted by Crippen LogP contribution is -2.41. The van der Waals surface area contributed by atoms with Crippen molar-refractivity contribution in [3.05, 3.63) is 29.8 Å². The Morgan fingerprint density at radius 3 is 2.30 bits per heavy atom. The number of anilines is 1. The molecule has 0 atom stereocenters. The molecule has 0 unspecified atom stereocenters. The number of ether oxygens (including phenoxy) is 1. The van der Waals surface area contributed by atoms with Crippen LogP contribution < -0.4 is 4.90 Å². The van der Waals surface area contributed by atoms with E-state index in [-0.39, 0.29) is 11.6 Å². The van der Waals surface area contributed by atoms with Gasteiger partial charge in [-0.1, -0.05) is 6.07 Å². The van der Waals surface area contributed by atoms with Crippen LogP contribution in [-0.4, -0.2) is 28.8 Å². The Kier molecular flexibility index (Phi) is 4.76. The van der Waals surface area contributed by atoms with Crippen LogP contribution >= 0.6 is 0 Å². The van der Waals surface area contributed by atoms with E-state index in [0.717, 1.165) is 0 Å². The number of rotatable bonds is 3. The van der Waals surface area contributed by atoms with Gasteiger partial charge in [-0.3, -0.25) is 4.90 Å². The summed E-state index contributed by atoms with van der Waals surface area (Å²) in [7, 11) is 0. The molecule has 0 radical (unpaired) electrons.